The molecule has 0 amide bonds. The Hall–Kier alpha value is 0.580. The lowest BCUT2D eigenvalue weighted by Gasteiger charge is -1.72. The summed E-state index contributed by atoms with van der Waals surface area (Å²) < 4.78 is 50.2. The lowest BCUT2D eigenvalue weighted by molar-refractivity contribution is 0.584. The van der Waals surface area contributed by atoms with Gasteiger partial charge in [-0.15, -0.1) is 0 Å². The Morgan fingerprint density at radius 1 is 0.900 bits per heavy atom. The van der Waals surface area contributed by atoms with Crippen LogP contribution in [0.2, 0.25) is 0 Å². The van der Waals surface area contributed by atoms with Crippen molar-refractivity contribution in [2.45, 2.75) is 0 Å². The van der Waals surface area contributed by atoms with E-state index in [0.717, 1.165) is 0 Å². The number of halogens is 2. The molecule has 0 saturated heterocycles. The minimum absolute atomic E-state index is 3.64. The first-order chi connectivity index (χ1) is 4.15. The number of hydrogen-bond donors (Lipinski definition) is 0. The van der Waals surface area contributed by atoms with Gasteiger partial charge in [-0.2, -0.15) is 16.8 Å². The molecule has 0 spiro atoms. The fraction of sp³-hybridized carbons (Fsp3) is 0. The summed E-state index contributed by atoms with van der Waals surface area (Å²) in [6.45, 7) is 0. The molecule has 0 aromatic rings. The number of rotatable bonds is 2. The largest absolute Gasteiger partial charge is 0.626 e. The van der Waals surface area contributed by atoms with Gasteiger partial charge >= 0.3 is 23.5 Å². The Morgan fingerprint density at radius 3 is 1.10 bits per heavy atom. The molecule has 0 atom stereocenters. The summed E-state index contributed by atoms with van der Waals surface area (Å²) >= 11 is 0. The summed E-state index contributed by atoms with van der Waals surface area (Å²) in [7, 11) is -0.412. The van der Waals surface area contributed by atoms with Crippen molar-refractivity contribution in [1.82, 2.24) is 0 Å². The van der Waals surface area contributed by atoms with Crippen molar-refractivity contribution in [2.24, 2.45) is 0 Å². The third-order valence-corrected chi connectivity index (χ3v) is 10.5. The van der Waals surface area contributed by atoms with Crippen LogP contribution in [0, 0.1) is 0 Å². The Balaban J connectivity index is 5.16. The minimum Gasteiger partial charge on any atom is -0.161 e. The molecule has 60 valence electrons. The van der Waals surface area contributed by atoms with Crippen molar-refractivity contribution in [3.05, 3.63) is 0 Å². The highest BCUT2D eigenvalue weighted by Crippen LogP contribution is 2.42. The number of hydrogen-bond acceptors (Lipinski definition) is 5. The van der Waals surface area contributed by atoms with E-state index >= 15 is 0 Å². The van der Waals surface area contributed by atoms with Crippen LogP contribution in [0.25, 0.3) is 0 Å². The van der Waals surface area contributed by atoms with Gasteiger partial charge in [0.1, 0.15) is 0 Å². The molecule has 5 nitrogen and oxygen atoms in total. The summed E-state index contributed by atoms with van der Waals surface area (Å²) in [6, 6.07) is 0. The van der Waals surface area contributed by atoms with Crippen LogP contribution in [0.4, 0.5) is 0 Å². The molecule has 0 aliphatic rings. The van der Waals surface area contributed by atoms with Gasteiger partial charge in [-0.05, 0) is 4.57 Å². The predicted molar refractivity (Wildman–Crippen MR) is 37.2 cm³/mol. The molecule has 0 fully saturated rings. The summed E-state index contributed by atoms with van der Waals surface area (Å²) in [5, 5.41) is 0. The molecule has 0 aliphatic heterocycles. The van der Waals surface area contributed by atoms with Crippen LogP contribution in [0.3, 0.4) is 0 Å². The van der Waals surface area contributed by atoms with E-state index < -0.39 is 23.5 Å². The highest BCUT2D eigenvalue weighted by molar-refractivity contribution is 8.88. The Morgan fingerprint density at radius 2 is 1.10 bits per heavy atom. The van der Waals surface area contributed by atoms with Gasteiger partial charge in [0.15, 0.2) is 0 Å². The summed E-state index contributed by atoms with van der Waals surface area (Å²) in [4.78, 5) is 0. The lowest BCUT2D eigenvalue weighted by Crippen LogP contribution is -1.86. The summed E-state index contributed by atoms with van der Waals surface area (Å²) in [5.41, 5.74) is 0. The second kappa shape index (κ2) is 2.91. The quantitative estimate of drug-likeness (QED) is 0.530. The Kier molecular flexibility index (Phi) is 3.07. The van der Waals surface area contributed by atoms with E-state index in [1.807, 2.05) is 0 Å². The molecular formula is Cl2O5PS2+. The zero-order valence-corrected chi connectivity index (χ0v) is 8.10. The van der Waals surface area contributed by atoms with E-state index in [9.17, 15) is 21.4 Å². The molecular weight excluding hydrogens is 246 g/mol. The van der Waals surface area contributed by atoms with Crippen molar-refractivity contribution in [1.29, 1.82) is 0 Å². The van der Waals surface area contributed by atoms with Crippen LogP contribution < -0.4 is 0 Å². The molecule has 10 heteroatoms. The average molecular weight is 246 g/mol. The summed E-state index contributed by atoms with van der Waals surface area (Å²) in [5.74, 6) is 0. The maximum atomic E-state index is 10.2. The van der Waals surface area contributed by atoms with Gasteiger partial charge in [-0.25, -0.2) is 0 Å². The molecule has 0 N–H and O–H groups in total. The molecule has 0 radical (unpaired) electrons. The molecule has 0 saturated carbocycles. The Labute approximate surface area is 66.4 Å². The molecule has 0 aliphatic carbocycles. The van der Waals surface area contributed by atoms with Crippen molar-refractivity contribution in [3.8, 4) is 0 Å². The molecule has 0 bridgehead atoms. The van der Waals surface area contributed by atoms with Gasteiger partial charge < -0.3 is 0 Å². The molecule has 0 aromatic heterocycles. The van der Waals surface area contributed by atoms with Crippen molar-refractivity contribution in [2.75, 3.05) is 0 Å². The fourth-order valence-electron chi connectivity index (χ4n) is 0.106. The topological polar surface area (TPSA) is 85.3 Å². The molecule has 0 rings (SSSR count). The molecule has 0 unspecified atom stereocenters. The van der Waals surface area contributed by atoms with Crippen LogP contribution in [-0.2, 0) is 21.9 Å². The van der Waals surface area contributed by atoms with Crippen LogP contribution in [-0.4, -0.2) is 16.8 Å². The maximum Gasteiger partial charge on any atom is 0.626 e. The molecule has 10 heavy (non-hydrogen) atoms. The summed E-state index contributed by atoms with van der Waals surface area (Å²) in [6.07, 6.45) is -3.64. The minimum atomic E-state index is -4.60. The average Bonchev–Trinajstić information content (AvgIpc) is 1.59. The van der Waals surface area contributed by atoms with Gasteiger partial charge in [0, 0.05) is 0 Å². The van der Waals surface area contributed by atoms with Crippen LogP contribution in [0.15, 0.2) is 0 Å². The third kappa shape index (κ3) is 3.12. The Bertz CT molecular complexity index is 300. The first-order valence-electron chi connectivity index (χ1n) is 1.52. The SMILES string of the molecule is O=[P+](S(=O)(=O)Cl)S(=O)(=O)Cl. The van der Waals surface area contributed by atoms with Gasteiger partial charge in [0.05, 0.1) is 21.4 Å². The molecule has 0 aromatic carbocycles. The van der Waals surface area contributed by atoms with E-state index in [1.54, 1.807) is 0 Å². The van der Waals surface area contributed by atoms with E-state index in [1.165, 1.54) is 0 Å². The van der Waals surface area contributed by atoms with Crippen molar-refractivity contribution in [3.63, 3.8) is 0 Å². The first kappa shape index (κ1) is 10.6. The lowest BCUT2D eigenvalue weighted by atomic mass is 15.9. The van der Waals surface area contributed by atoms with E-state index in [2.05, 4.69) is 21.4 Å². The van der Waals surface area contributed by atoms with Crippen LogP contribution >= 0.6 is 27.6 Å². The second-order valence-corrected chi connectivity index (χ2v) is 12.4. The smallest absolute Gasteiger partial charge is 0.161 e. The van der Waals surface area contributed by atoms with E-state index in [-0.39, 0.29) is 0 Å². The zero-order chi connectivity index (χ0) is 8.58. The maximum absolute atomic E-state index is 10.2. The normalized spacial score (nSPS) is 13.0. The van der Waals surface area contributed by atoms with Gasteiger partial charge in [0.2, 0.25) is 0 Å². The first-order valence-corrected chi connectivity index (χ1v) is 8.61. The van der Waals surface area contributed by atoms with Crippen LogP contribution in [0.5, 0.6) is 0 Å². The monoisotopic (exact) mass is 245 g/mol. The van der Waals surface area contributed by atoms with Gasteiger partial charge in [-0.3, -0.25) is 0 Å². The van der Waals surface area contributed by atoms with Gasteiger partial charge in [-0.1, -0.05) is 0 Å². The third-order valence-electron chi connectivity index (χ3n) is 0.356. The highest BCUT2D eigenvalue weighted by atomic mass is 35.8. The molecule has 0 heterocycles. The second-order valence-electron chi connectivity index (χ2n) is 1.05. The highest BCUT2D eigenvalue weighted by Gasteiger charge is 2.47. The predicted octanol–water partition coefficient (Wildman–Crippen LogP) is 0.781. The van der Waals surface area contributed by atoms with Crippen molar-refractivity contribution >= 4 is 44.9 Å². The van der Waals surface area contributed by atoms with E-state index in [0.29, 0.717) is 0 Å². The van der Waals surface area contributed by atoms with E-state index in [4.69, 9.17) is 0 Å². The fourth-order valence-corrected chi connectivity index (χ4v) is 7.66. The zero-order valence-electron chi connectivity index (χ0n) is 4.06. The standard InChI is InChI=1S/Cl2O5PS2/c1-9(4,5)8(3)10(2,6)7/q+1. The van der Waals surface area contributed by atoms with Crippen molar-refractivity contribution < 1.29 is 21.4 Å². The van der Waals surface area contributed by atoms with Crippen LogP contribution in [0.1, 0.15) is 0 Å². The van der Waals surface area contributed by atoms with Gasteiger partial charge in [0.25, 0.3) is 0 Å².